The van der Waals surface area contributed by atoms with Gasteiger partial charge in [0.25, 0.3) is 0 Å². The first-order valence-corrected chi connectivity index (χ1v) is 6.60. The third-order valence-electron chi connectivity index (χ3n) is 3.09. The van der Waals surface area contributed by atoms with E-state index in [1.54, 1.807) is 0 Å². The maximum atomic E-state index is 3.74. The van der Waals surface area contributed by atoms with Crippen molar-refractivity contribution in [1.82, 2.24) is 5.32 Å². The van der Waals surface area contributed by atoms with Gasteiger partial charge in [0, 0.05) is 0 Å². The normalized spacial score (nSPS) is 12.7. The number of allylic oxidation sites excluding steroid dienone is 1. The molecule has 0 aromatic rings. The molecule has 0 saturated carbocycles. The van der Waals surface area contributed by atoms with Gasteiger partial charge in [0.15, 0.2) is 0 Å². The summed E-state index contributed by atoms with van der Waals surface area (Å²) in [6.45, 7) is 7.23. The molecular weight excluding hydrogens is 182 g/mol. The lowest BCUT2D eigenvalue weighted by Crippen LogP contribution is -2.18. The molecule has 0 aliphatic carbocycles. The van der Waals surface area contributed by atoms with Crippen molar-refractivity contribution >= 4 is 0 Å². The lowest BCUT2D eigenvalue weighted by Gasteiger charge is -2.13. The Morgan fingerprint density at radius 3 is 2.40 bits per heavy atom. The van der Waals surface area contributed by atoms with Gasteiger partial charge in [0.1, 0.15) is 0 Å². The van der Waals surface area contributed by atoms with E-state index in [9.17, 15) is 0 Å². The summed E-state index contributed by atoms with van der Waals surface area (Å²) in [6, 6.07) is 0. The van der Waals surface area contributed by atoms with Crippen molar-refractivity contribution in [3.63, 3.8) is 0 Å². The molecule has 0 aromatic carbocycles. The molecule has 0 saturated heterocycles. The standard InChI is InChI=1S/C14H29N/c1-4-6-7-8-9-10-11-12-14(5-2)13-15-3/h4,14-15H,1,5-13H2,2-3H3. The van der Waals surface area contributed by atoms with Crippen LogP contribution in [0, 0.1) is 5.92 Å². The molecule has 0 aliphatic rings. The number of nitrogens with one attached hydrogen (secondary N) is 1. The first kappa shape index (κ1) is 14.7. The Balaban J connectivity index is 3.17. The molecule has 1 heteroatoms. The number of unbranched alkanes of at least 4 members (excludes halogenated alkanes) is 5. The van der Waals surface area contributed by atoms with Gasteiger partial charge in [0.2, 0.25) is 0 Å². The van der Waals surface area contributed by atoms with Gasteiger partial charge >= 0.3 is 0 Å². The highest BCUT2D eigenvalue weighted by Gasteiger charge is 2.03. The molecule has 0 heterocycles. The van der Waals surface area contributed by atoms with Crippen LogP contribution < -0.4 is 5.32 Å². The summed E-state index contributed by atoms with van der Waals surface area (Å²) in [6.07, 6.45) is 12.9. The number of hydrogen-bond donors (Lipinski definition) is 1. The first-order chi connectivity index (χ1) is 7.35. The maximum absolute atomic E-state index is 3.74. The molecule has 0 spiro atoms. The van der Waals surface area contributed by atoms with E-state index in [0.29, 0.717) is 0 Å². The van der Waals surface area contributed by atoms with Crippen molar-refractivity contribution in [2.24, 2.45) is 5.92 Å². The van der Waals surface area contributed by atoms with Crippen LogP contribution in [0.1, 0.15) is 58.3 Å². The minimum Gasteiger partial charge on any atom is -0.319 e. The molecular formula is C14H29N. The summed E-state index contributed by atoms with van der Waals surface area (Å²) in [7, 11) is 2.05. The molecule has 1 atom stereocenters. The Morgan fingerprint density at radius 1 is 1.13 bits per heavy atom. The van der Waals surface area contributed by atoms with Gasteiger partial charge in [-0.3, -0.25) is 0 Å². The van der Waals surface area contributed by atoms with Crippen LogP contribution >= 0.6 is 0 Å². The third-order valence-corrected chi connectivity index (χ3v) is 3.09. The minimum absolute atomic E-state index is 0.892. The molecule has 1 N–H and O–H groups in total. The molecule has 0 rings (SSSR count). The average Bonchev–Trinajstić information content (AvgIpc) is 2.26. The summed E-state index contributed by atoms with van der Waals surface area (Å²) < 4.78 is 0. The van der Waals surface area contributed by atoms with E-state index in [1.807, 2.05) is 6.08 Å². The van der Waals surface area contributed by atoms with Crippen molar-refractivity contribution in [3.05, 3.63) is 12.7 Å². The SMILES string of the molecule is C=CCCCCCCCC(CC)CNC. The smallest absolute Gasteiger partial charge is 0.00236 e. The van der Waals surface area contributed by atoms with Gasteiger partial charge in [-0.05, 0) is 38.8 Å². The minimum atomic E-state index is 0.892. The summed E-state index contributed by atoms with van der Waals surface area (Å²) in [5, 5.41) is 3.28. The summed E-state index contributed by atoms with van der Waals surface area (Å²) in [4.78, 5) is 0. The molecule has 0 aromatic heterocycles. The van der Waals surface area contributed by atoms with Crippen LogP contribution in [0.15, 0.2) is 12.7 Å². The van der Waals surface area contributed by atoms with Crippen LogP contribution in [-0.4, -0.2) is 13.6 Å². The predicted molar refractivity (Wildman–Crippen MR) is 70.2 cm³/mol. The Morgan fingerprint density at radius 2 is 1.80 bits per heavy atom. The molecule has 0 bridgehead atoms. The van der Waals surface area contributed by atoms with Gasteiger partial charge in [0.05, 0.1) is 0 Å². The maximum Gasteiger partial charge on any atom is -0.00236 e. The van der Waals surface area contributed by atoms with Gasteiger partial charge in [-0.15, -0.1) is 6.58 Å². The van der Waals surface area contributed by atoms with Gasteiger partial charge in [-0.2, -0.15) is 0 Å². The highest BCUT2D eigenvalue weighted by atomic mass is 14.8. The van der Waals surface area contributed by atoms with Crippen LogP contribution in [0.5, 0.6) is 0 Å². The van der Waals surface area contributed by atoms with E-state index in [4.69, 9.17) is 0 Å². The van der Waals surface area contributed by atoms with Crippen molar-refractivity contribution in [2.75, 3.05) is 13.6 Å². The van der Waals surface area contributed by atoms with Crippen LogP contribution in [0.4, 0.5) is 0 Å². The zero-order chi connectivity index (χ0) is 11.4. The lowest BCUT2D eigenvalue weighted by molar-refractivity contribution is 0.424. The van der Waals surface area contributed by atoms with Gasteiger partial charge in [-0.25, -0.2) is 0 Å². The zero-order valence-electron chi connectivity index (χ0n) is 10.7. The largest absolute Gasteiger partial charge is 0.319 e. The second-order valence-corrected chi connectivity index (χ2v) is 4.47. The average molecular weight is 211 g/mol. The fraction of sp³-hybridized carbons (Fsp3) is 0.857. The van der Waals surface area contributed by atoms with Crippen LogP contribution in [0.3, 0.4) is 0 Å². The first-order valence-electron chi connectivity index (χ1n) is 6.60. The van der Waals surface area contributed by atoms with Crippen LogP contribution in [0.2, 0.25) is 0 Å². The second-order valence-electron chi connectivity index (χ2n) is 4.47. The van der Waals surface area contributed by atoms with Crippen LogP contribution in [0.25, 0.3) is 0 Å². The van der Waals surface area contributed by atoms with E-state index in [1.165, 1.54) is 57.9 Å². The highest BCUT2D eigenvalue weighted by molar-refractivity contribution is 4.65. The Hall–Kier alpha value is -0.300. The van der Waals surface area contributed by atoms with Crippen molar-refractivity contribution < 1.29 is 0 Å². The molecule has 1 unspecified atom stereocenters. The third kappa shape index (κ3) is 9.99. The van der Waals surface area contributed by atoms with E-state index < -0.39 is 0 Å². The Labute approximate surface area is 96.3 Å². The van der Waals surface area contributed by atoms with Crippen LogP contribution in [-0.2, 0) is 0 Å². The van der Waals surface area contributed by atoms with Gasteiger partial charge < -0.3 is 5.32 Å². The molecule has 1 nitrogen and oxygen atoms in total. The molecule has 0 radical (unpaired) electrons. The lowest BCUT2D eigenvalue weighted by atomic mass is 9.98. The van der Waals surface area contributed by atoms with E-state index in [0.717, 1.165) is 5.92 Å². The van der Waals surface area contributed by atoms with E-state index >= 15 is 0 Å². The highest BCUT2D eigenvalue weighted by Crippen LogP contribution is 2.14. The van der Waals surface area contributed by atoms with Crippen molar-refractivity contribution in [2.45, 2.75) is 58.3 Å². The quantitative estimate of drug-likeness (QED) is 0.400. The Kier molecular flexibility index (Phi) is 11.5. The number of rotatable bonds is 11. The number of hydrogen-bond acceptors (Lipinski definition) is 1. The van der Waals surface area contributed by atoms with Crippen molar-refractivity contribution in [1.29, 1.82) is 0 Å². The van der Waals surface area contributed by atoms with E-state index in [-0.39, 0.29) is 0 Å². The summed E-state index contributed by atoms with van der Waals surface area (Å²) in [5.41, 5.74) is 0. The van der Waals surface area contributed by atoms with Crippen molar-refractivity contribution in [3.8, 4) is 0 Å². The molecule has 15 heavy (non-hydrogen) atoms. The fourth-order valence-electron chi connectivity index (χ4n) is 1.99. The summed E-state index contributed by atoms with van der Waals surface area (Å²) in [5.74, 6) is 0.892. The van der Waals surface area contributed by atoms with Gasteiger partial charge in [-0.1, -0.05) is 45.1 Å². The monoisotopic (exact) mass is 211 g/mol. The molecule has 0 amide bonds. The molecule has 90 valence electrons. The molecule has 0 aliphatic heterocycles. The Bertz CT molecular complexity index is 131. The summed E-state index contributed by atoms with van der Waals surface area (Å²) >= 11 is 0. The van der Waals surface area contributed by atoms with E-state index in [2.05, 4.69) is 25.9 Å². The molecule has 0 fully saturated rings. The topological polar surface area (TPSA) is 12.0 Å². The second kappa shape index (κ2) is 11.8. The predicted octanol–water partition coefficient (Wildman–Crippen LogP) is 4.15. The fourth-order valence-corrected chi connectivity index (χ4v) is 1.99. The zero-order valence-corrected chi connectivity index (χ0v) is 10.7.